The van der Waals surface area contributed by atoms with E-state index in [1.54, 1.807) is 24.3 Å². The number of rotatable bonds is 4. The molecule has 1 heterocycles. The van der Waals surface area contributed by atoms with E-state index in [9.17, 15) is 9.59 Å². The van der Waals surface area contributed by atoms with Crippen molar-refractivity contribution in [2.45, 2.75) is 0 Å². The number of nitrogens with one attached hydrogen (secondary N) is 1. The lowest BCUT2D eigenvalue weighted by atomic mass is 10.2. The second kappa shape index (κ2) is 5.81. The van der Waals surface area contributed by atoms with E-state index in [0.717, 1.165) is 5.56 Å². The smallest absolute Gasteiger partial charge is 0.355 e. The molecule has 1 aromatic carbocycles. The van der Waals surface area contributed by atoms with Crippen LogP contribution in [0.1, 0.15) is 10.5 Å². The number of halogens is 1. The summed E-state index contributed by atoms with van der Waals surface area (Å²) in [4.78, 5) is 25.8. The minimum absolute atomic E-state index is 0.0273. The molecule has 7 heteroatoms. The largest absolute Gasteiger partial charge is 0.476 e. The van der Waals surface area contributed by atoms with Gasteiger partial charge >= 0.3 is 5.97 Å². The molecule has 5 nitrogen and oxygen atoms in total. The first kappa shape index (κ1) is 13.5. The summed E-state index contributed by atoms with van der Waals surface area (Å²) in [5, 5.41) is 13.5. The van der Waals surface area contributed by atoms with Crippen LogP contribution in [0.3, 0.4) is 0 Å². The molecular formula is C12H9ClN2O3S. The first-order valence-electron chi connectivity index (χ1n) is 5.25. The van der Waals surface area contributed by atoms with Crippen LogP contribution in [0.25, 0.3) is 10.6 Å². The fourth-order valence-corrected chi connectivity index (χ4v) is 2.26. The lowest BCUT2D eigenvalue weighted by Gasteiger charge is -2.03. The van der Waals surface area contributed by atoms with E-state index in [1.165, 1.54) is 16.7 Å². The molecule has 0 fully saturated rings. The highest BCUT2D eigenvalue weighted by atomic mass is 35.5. The normalized spacial score (nSPS) is 10.2. The average Bonchev–Trinajstić information content (AvgIpc) is 2.89. The van der Waals surface area contributed by atoms with Crippen molar-refractivity contribution in [2.75, 3.05) is 11.2 Å². The number of benzene rings is 1. The van der Waals surface area contributed by atoms with Crippen molar-refractivity contribution in [3.8, 4) is 10.6 Å². The summed E-state index contributed by atoms with van der Waals surface area (Å²) in [5.41, 5.74) is 1.45. The molecule has 1 amide bonds. The zero-order valence-corrected chi connectivity index (χ0v) is 11.2. The van der Waals surface area contributed by atoms with Gasteiger partial charge in [0.2, 0.25) is 5.91 Å². The quantitative estimate of drug-likeness (QED) is 0.850. The van der Waals surface area contributed by atoms with Crippen molar-refractivity contribution in [1.29, 1.82) is 0 Å². The summed E-state index contributed by atoms with van der Waals surface area (Å²) in [6.07, 6.45) is 0. The van der Waals surface area contributed by atoms with Crippen molar-refractivity contribution < 1.29 is 14.7 Å². The molecule has 0 radical (unpaired) electrons. The Morgan fingerprint density at radius 1 is 1.32 bits per heavy atom. The maximum Gasteiger partial charge on any atom is 0.355 e. The predicted molar refractivity (Wildman–Crippen MR) is 73.9 cm³/mol. The van der Waals surface area contributed by atoms with Gasteiger partial charge in [-0.25, -0.2) is 9.78 Å². The molecule has 1 aromatic heterocycles. The minimum Gasteiger partial charge on any atom is -0.476 e. The third-order valence-corrected chi connectivity index (χ3v) is 3.39. The lowest BCUT2D eigenvalue weighted by molar-refractivity contribution is -0.113. The zero-order valence-electron chi connectivity index (χ0n) is 9.59. The molecule has 0 unspecified atom stereocenters. The van der Waals surface area contributed by atoms with Gasteiger partial charge in [0, 0.05) is 16.6 Å². The first-order valence-corrected chi connectivity index (χ1v) is 6.66. The van der Waals surface area contributed by atoms with Gasteiger partial charge in [-0.05, 0) is 24.3 Å². The van der Waals surface area contributed by atoms with Gasteiger partial charge < -0.3 is 10.4 Å². The Bertz CT molecular complexity index is 610. The standard InChI is InChI=1S/C12H9ClN2O3S/c13-5-10(16)14-8-3-1-7(2-4-8)11-15-9(6-19-11)12(17)18/h1-4,6H,5H2,(H,14,16)(H,17,18). The summed E-state index contributed by atoms with van der Waals surface area (Å²) in [7, 11) is 0. The molecule has 0 saturated heterocycles. The van der Waals surface area contributed by atoms with E-state index in [-0.39, 0.29) is 17.5 Å². The van der Waals surface area contributed by atoms with Gasteiger partial charge in [-0.1, -0.05) is 0 Å². The first-order chi connectivity index (χ1) is 9.10. The molecule has 0 aliphatic rings. The lowest BCUT2D eigenvalue weighted by Crippen LogP contribution is -2.12. The van der Waals surface area contributed by atoms with Gasteiger partial charge in [0.05, 0.1) is 0 Å². The molecular weight excluding hydrogens is 288 g/mol. The van der Waals surface area contributed by atoms with E-state index >= 15 is 0 Å². The Labute approximate surface area is 117 Å². The fourth-order valence-electron chi connectivity index (χ4n) is 1.40. The summed E-state index contributed by atoms with van der Waals surface area (Å²) < 4.78 is 0. The Balaban J connectivity index is 2.17. The number of aromatic nitrogens is 1. The molecule has 0 atom stereocenters. The molecule has 0 spiro atoms. The summed E-state index contributed by atoms with van der Waals surface area (Å²) >= 11 is 6.64. The Kier molecular flexibility index (Phi) is 4.13. The highest BCUT2D eigenvalue weighted by molar-refractivity contribution is 7.13. The van der Waals surface area contributed by atoms with E-state index in [1.807, 2.05) is 0 Å². The zero-order chi connectivity index (χ0) is 13.8. The second-order valence-corrected chi connectivity index (χ2v) is 4.73. The number of hydrogen-bond acceptors (Lipinski definition) is 4. The van der Waals surface area contributed by atoms with Crippen molar-refractivity contribution in [3.05, 3.63) is 35.3 Å². The summed E-state index contributed by atoms with van der Waals surface area (Å²) in [5.74, 6) is -1.43. The average molecular weight is 297 g/mol. The Hall–Kier alpha value is -1.92. The maximum absolute atomic E-state index is 11.1. The van der Waals surface area contributed by atoms with E-state index in [4.69, 9.17) is 16.7 Å². The highest BCUT2D eigenvalue weighted by Gasteiger charge is 2.10. The molecule has 98 valence electrons. The molecule has 0 bridgehead atoms. The maximum atomic E-state index is 11.1. The monoisotopic (exact) mass is 296 g/mol. The predicted octanol–water partition coefficient (Wildman–Crippen LogP) is 2.69. The number of carbonyl (C=O) groups excluding carboxylic acids is 1. The van der Waals surface area contributed by atoms with Crippen LogP contribution < -0.4 is 5.32 Å². The van der Waals surface area contributed by atoms with Crippen LogP contribution in [0.15, 0.2) is 29.6 Å². The molecule has 19 heavy (non-hydrogen) atoms. The number of amides is 1. The van der Waals surface area contributed by atoms with Crippen molar-refractivity contribution in [2.24, 2.45) is 0 Å². The topological polar surface area (TPSA) is 79.3 Å². The number of alkyl halides is 1. The Morgan fingerprint density at radius 3 is 2.53 bits per heavy atom. The number of hydrogen-bond donors (Lipinski definition) is 2. The number of anilines is 1. The molecule has 2 rings (SSSR count). The van der Waals surface area contributed by atoms with E-state index in [0.29, 0.717) is 10.7 Å². The third-order valence-electron chi connectivity index (χ3n) is 2.26. The highest BCUT2D eigenvalue weighted by Crippen LogP contribution is 2.25. The number of carbonyl (C=O) groups is 2. The van der Waals surface area contributed by atoms with Crippen molar-refractivity contribution >= 4 is 40.5 Å². The van der Waals surface area contributed by atoms with E-state index < -0.39 is 5.97 Å². The molecule has 0 aliphatic carbocycles. The van der Waals surface area contributed by atoms with Crippen LogP contribution in [0.5, 0.6) is 0 Å². The number of aromatic carboxylic acids is 1. The Morgan fingerprint density at radius 2 is 2.00 bits per heavy atom. The van der Waals surface area contributed by atoms with Gasteiger partial charge in [-0.3, -0.25) is 4.79 Å². The second-order valence-electron chi connectivity index (χ2n) is 3.60. The third kappa shape index (κ3) is 3.30. The SMILES string of the molecule is O=C(CCl)Nc1ccc(-c2nc(C(=O)O)cs2)cc1. The van der Waals surface area contributed by atoms with Gasteiger partial charge in [0.15, 0.2) is 5.69 Å². The van der Waals surface area contributed by atoms with Gasteiger partial charge in [0.1, 0.15) is 10.9 Å². The van der Waals surface area contributed by atoms with Crippen LogP contribution in [0.4, 0.5) is 5.69 Å². The van der Waals surface area contributed by atoms with Crippen LogP contribution in [0.2, 0.25) is 0 Å². The number of thiazole rings is 1. The fraction of sp³-hybridized carbons (Fsp3) is 0.0833. The molecule has 0 aliphatic heterocycles. The summed E-state index contributed by atoms with van der Waals surface area (Å²) in [6.45, 7) is 0. The van der Waals surface area contributed by atoms with Gasteiger partial charge in [-0.15, -0.1) is 22.9 Å². The van der Waals surface area contributed by atoms with Crippen molar-refractivity contribution in [3.63, 3.8) is 0 Å². The summed E-state index contributed by atoms with van der Waals surface area (Å²) in [6, 6.07) is 6.94. The number of nitrogens with zero attached hydrogens (tertiary/aromatic N) is 1. The van der Waals surface area contributed by atoms with Gasteiger partial charge in [0.25, 0.3) is 0 Å². The van der Waals surface area contributed by atoms with Crippen LogP contribution in [-0.2, 0) is 4.79 Å². The minimum atomic E-state index is -1.05. The van der Waals surface area contributed by atoms with Crippen molar-refractivity contribution in [1.82, 2.24) is 4.98 Å². The molecule has 2 aromatic rings. The van der Waals surface area contributed by atoms with Gasteiger partial charge in [-0.2, -0.15) is 0 Å². The van der Waals surface area contributed by atoms with E-state index in [2.05, 4.69) is 10.3 Å². The van der Waals surface area contributed by atoms with Crippen LogP contribution >= 0.6 is 22.9 Å². The number of carboxylic acid groups (broad SMARTS) is 1. The van der Waals surface area contributed by atoms with Crippen LogP contribution in [0, 0.1) is 0 Å². The molecule has 2 N–H and O–H groups in total. The number of carboxylic acids is 1. The molecule has 0 saturated carbocycles. The van der Waals surface area contributed by atoms with Crippen LogP contribution in [-0.4, -0.2) is 27.8 Å².